The van der Waals surface area contributed by atoms with Crippen molar-refractivity contribution < 1.29 is 9.53 Å². The van der Waals surface area contributed by atoms with E-state index in [4.69, 9.17) is 4.74 Å². The summed E-state index contributed by atoms with van der Waals surface area (Å²) < 4.78 is 5.42. The molecule has 0 spiro atoms. The van der Waals surface area contributed by atoms with Crippen LogP contribution in [0.2, 0.25) is 0 Å². The van der Waals surface area contributed by atoms with E-state index in [0.29, 0.717) is 27.5 Å². The van der Waals surface area contributed by atoms with Gasteiger partial charge in [0.2, 0.25) is 0 Å². The van der Waals surface area contributed by atoms with Crippen LogP contribution in [0.3, 0.4) is 0 Å². The molecule has 168 valence electrons. The van der Waals surface area contributed by atoms with Gasteiger partial charge in [-0.15, -0.1) is 11.3 Å². The van der Waals surface area contributed by atoms with E-state index in [1.165, 1.54) is 47.1 Å². The van der Waals surface area contributed by atoms with Gasteiger partial charge in [0, 0.05) is 16.5 Å². The Morgan fingerprint density at radius 1 is 1.12 bits per heavy atom. The summed E-state index contributed by atoms with van der Waals surface area (Å²) in [5.74, 6) is 0.920. The number of rotatable bonds is 7. The minimum Gasteiger partial charge on any atom is -0.494 e. The minimum atomic E-state index is -0.162. The van der Waals surface area contributed by atoms with Crippen LogP contribution in [0.1, 0.15) is 41.3 Å². The Kier molecular flexibility index (Phi) is 6.33. The lowest BCUT2D eigenvalue weighted by Crippen LogP contribution is -2.10. The van der Waals surface area contributed by atoms with Gasteiger partial charge < -0.3 is 9.72 Å². The Hall–Kier alpha value is -2.90. The molecule has 1 N–H and O–H groups in total. The summed E-state index contributed by atoms with van der Waals surface area (Å²) in [6.45, 7) is 2.51. The normalized spacial score (nSPS) is 13.1. The van der Waals surface area contributed by atoms with Crippen LogP contribution in [0, 0.1) is 0 Å². The number of nitrogens with zero attached hydrogens (tertiary/aromatic N) is 1. The molecule has 5 nitrogen and oxygen atoms in total. The molecule has 2 aromatic heterocycles. The van der Waals surface area contributed by atoms with Gasteiger partial charge in [-0.25, -0.2) is 4.98 Å². The number of ether oxygens (including phenoxy) is 1. The molecule has 0 aliphatic heterocycles. The summed E-state index contributed by atoms with van der Waals surface area (Å²) in [7, 11) is 0. The Morgan fingerprint density at radius 3 is 2.70 bits per heavy atom. The van der Waals surface area contributed by atoms with Crippen molar-refractivity contribution in [3.05, 3.63) is 74.9 Å². The largest absolute Gasteiger partial charge is 0.494 e. The molecule has 1 aliphatic carbocycles. The van der Waals surface area contributed by atoms with Crippen LogP contribution in [0.25, 0.3) is 21.3 Å². The second-order valence-electron chi connectivity index (χ2n) is 8.06. The van der Waals surface area contributed by atoms with Gasteiger partial charge in [-0.2, -0.15) is 0 Å². The first-order chi connectivity index (χ1) is 16.1. The molecule has 0 unspecified atom stereocenters. The molecule has 0 bridgehead atoms. The second-order valence-corrected chi connectivity index (χ2v) is 9.88. The molecule has 7 heteroatoms. The Morgan fingerprint density at radius 2 is 1.91 bits per heavy atom. The average molecular weight is 477 g/mol. The van der Waals surface area contributed by atoms with Crippen LogP contribution in [0.15, 0.2) is 57.8 Å². The summed E-state index contributed by atoms with van der Waals surface area (Å²) in [5.41, 5.74) is 5.26. The molecule has 33 heavy (non-hydrogen) atoms. The Labute approximate surface area is 200 Å². The number of thiophene rings is 1. The maximum Gasteiger partial charge on any atom is 0.260 e. The SMILES string of the molecule is CCOc1ccc(C(=O)CSc2nc3scc(-c4ccc5c(c4)CCCC5)c3c(=O)[nH]2)cc1. The van der Waals surface area contributed by atoms with Crippen molar-refractivity contribution in [3.8, 4) is 16.9 Å². The van der Waals surface area contributed by atoms with Gasteiger partial charge in [0.05, 0.1) is 17.7 Å². The first-order valence-corrected chi connectivity index (χ1v) is 13.0. The monoisotopic (exact) mass is 476 g/mol. The molecule has 0 fully saturated rings. The highest BCUT2D eigenvalue weighted by molar-refractivity contribution is 7.99. The summed E-state index contributed by atoms with van der Waals surface area (Å²) in [6.07, 6.45) is 4.71. The fraction of sp³-hybridized carbons (Fsp3) is 0.269. The minimum absolute atomic E-state index is 0.0216. The van der Waals surface area contributed by atoms with Crippen LogP contribution in [0.4, 0.5) is 0 Å². The van der Waals surface area contributed by atoms with E-state index >= 15 is 0 Å². The summed E-state index contributed by atoms with van der Waals surface area (Å²) in [4.78, 5) is 33.7. The van der Waals surface area contributed by atoms with Crippen molar-refractivity contribution in [2.24, 2.45) is 0 Å². The van der Waals surface area contributed by atoms with Gasteiger partial charge in [0.1, 0.15) is 10.6 Å². The predicted octanol–water partition coefficient (Wildman–Crippen LogP) is 5.90. The van der Waals surface area contributed by atoms with Gasteiger partial charge in [0.15, 0.2) is 10.9 Å². The van der Waals surface area contributed by atoms with Crippen LogP contribution in [-0.2, 0) is 12.8 Å². The highest BCUT2D eigenvalue weighted by atomic mass is 32.2. The van der Waals surface area contributed by atoms with Gasteiger partial charge in [-0.1, -0.05) is 30.0 Å². The average Bonchev–Trinajstić information content (AvgIpc) is 3.27. The number of Topliss-reactive ketones (excluding diaryl/α,β-unsaturated/α-hetero) is 1. The number of thioether (sulfide) groups is 1. The second kappa shape index (κ2) is 9.53. The van der Waals surface area contributed by atoms with Crippen LogP contribution < -0.4 is 10.3 Å². The Balaban J connectivity index is 1.35. The molecule has 1 aliphatic rings. The lowest BCUT2D eigenvalue weighted by Gasteiger charge is -2.16. The third-order valence-electron chi connectivity index (χ3n) is 5.91. The number of ketones is 1. The van der Waals surface area contributed by atoms with Gasteiger partial charge in [0.25, 0.3) is 5.56 Å². The first kappa shape index (κ1) is 21.9. The number of carbonyl (C=O) groups excluding carboxylic acids is 1. The lowest BCUT2D eigenvalue weighted by molar-refractivity contribution is 0.102. The van der Waals surface area contributed by atoms with Crippen molar-refractivity contribution in [1.29, 1.82) is 0 Å². The van der Waals surface area contributed by atoms with Crippen LogP contribution in [0.5, 0.6) is 5.75 Å². The maximum absolute atomic E-state index is 13.0. The van der Waals surface area contributed by atoms with Gasteiger partial charge in [-0.3, -0.25) is 9.59 Å². The molecule has 0 radical (unpaired) electrons. The highest BCUT2D eigenvalue weighted by Gasteiger charge is 2.16. The summed E-state index contributed by atoms with van der Waals surface area (Å²) >= 11 is 2.72. The van der Waals surface area contributed by atoms with Crippen LogP contribution in [-0.4, -0.2) is 28.1 Å². The third kappa shape index (κ3) is 4.61. The van der Waals surface area contributed by atoms with Crippen molar-refractivity contribution in [2.45, 2.75) is 37.8 Å². The lowest BCUT2D eigenvalue weighted by atomic mass is 9.89. The fourth-order valence-corrected chi connectivity index (χ4v) is 5.99. The van der Waals surface area contributed by atoms with E-state index in [1.54, 1.807) is 24.3 Å². The first-order valence-electron chi connectivity index (χ1n) is 11.1. The number of hydrogen-bond acceptors (Lipinski definition) is 6. The molecule has 0 saturated heterocycles. The van der Waals surface area contributed by atoms with E-state index < -0.39 is 0 Å². The number of H-pyrrole nitrogens is 1. The number of aryl methyl sites for hydroxylation is 2. The standard InChI is InChI=1S/C26H24N2O3S2/c1-2-31-20-11-9-17(10-12-20)22(29)15-33-26-27-24(30)23-21(14-32-25(23)28-26)19-8-7-16-5-3-4-6-18(16)13-19/h7-14H,2-6,15H2,1H3,(H,27,28,30). The number of hydrogen-bond donors (Lipinski definition) is 1. The predicted molar refractivity (Wildman–Crippen MR) is 135 cm³/mol. The molecule has 5 rings (SSSR count). The zero-order valence-electron chi connectivity index (χ0n) is 18.3. The zero-order chi connectivity index (χ0) is 22.8. The van der Waals surface area contributed by atoms with E-state index in [0.717, 1.165) is 29.7 Å². The number of aromatic nitrogens is 2. The van der Waals surface area contributed by atoms with E-state index in [9.17, 15) is 9.59 Å². The molecule has 2 aromatic carbocycles. The number of fused-ring (bicyclic) bond motifs is 2. The van der Waals surface area contributed by atoms with E-state index in [1.807, 2.05) is 12.3 Å². The van der Waals surface area contributed by atoms with Crippen molar-refractivity contribution in [3.63, 3.8) is 0 Å². The quantitative estimate of drug-likeness (QED) is 0.204. The number of benzene rings is 2. The van der Waals surface area contributed by atoms with Gasteiger partial charge >= 0.3 is 0 Å². The molecule has 4 aromatic rings. The molecule has 0 amide bonds. The van der Waals surface area contributed by atoms with Crippen molar-refractivity contribution in [2.75, 3.05) is 12.4 Å². The zero-order valence-corrected chi connectivity index (χ0v) is 20.0. The fourth-order valence-electron chi connectivity index (χ4n) is 4.23. The topological polar surface area (TPSA) is 72.0 Å². The molecule has 0 saturated carbocycles. The molecule has 0 atom stereocenters. The van der Waals surface area contributed by atoms with E-state index in [-0.39, 0.29) is 17.1 Å². The summed E-state index contributed by atoms with van der Waals surface area (Å²) in [6, 6.07) is 13.7. The number of nitrogens with one attached hydrogen (secondary N) is 1. The summed E-state index contributed by atoms with van der Waals surface area (Å²) in [5, 5.41) is 3.10. The van der Waals surface area contributed by atoms with Crippen LogP contribution >= 0.6 is 23.1 Å². The number of aromatic amines is 1. The maximum atomic E-state index is 13.0. The molecular formula is C26H24N2O3S2. The van der Waals surface area contributed by atoms with Crippen molar-refractivity contribution in [1.82, 2.24) is 9.97 Å². The Bertz CT molecular complexity index is 1370. The highest BCUT2D eigenvalue weighted by Crippen LogP contribution is 2.34. The third-order valence-corrected chi connectivity index (χ3v) is 7.65. The number of carbonyl (C=O) groups is 1. The van der Waals surface area contributed by atoms with Crippen molar-refractivity contribution >= 4 is 39.1 Å². The molecular weight excluding hydrogens is 452 g/mol. The molecule has 2 heterocycles. The van der Waals surface area contributed by atoms with Gasteiger partial charge in [-0.05, 0) is 73.6 Å². The smallest absolute Gasteiger partial charge is 0.260 e. The van der Waals surface area contributed by atoms with E-state index in [2.05, 4.69) is 28.2 Å².